The summed E-state index contributed by atoms with van der Waals surface area (Å²) in [5.41, 5.74) is 2.87. The second-order valence-electron chi connectivity index (χ2n) is 6.31. The highest BCUT2D eigenvalue weighted by Gasteiger charge is 2.28. The molecule has 0 bridgehead atoms. The lowest BCUT2D eigenvalue weighted by atomic mass is 9.74. The Balaban J connectivity index is 1.99. The number of rotatable bonds is 5. The van der Waals surface area contributed by atoms with E-state index in [2.05, 4.69) is 50.5 Å². The zero-order valence-electron chi connectivity index (χ0n) is 12.8. The van der Waals surface area contributed by atoms with Gasteiger partial charge in [-0.05, 0) is 57.1 Å². The van der Waals surface area contributed by atoms with Crippen molar-refractivity contribution < 1.29 is 0 Å². The summed E-state index contributed by atoms with van der Waals surface area (Å²) in [4.78, 5) is 0. The lowest BCUT2D eigenvalue weighted by Crippen LogP contribution is -2.39. The molecule has 1 N–H and O–H groups in total. The molecule has 0 aromatic heterocycles. The van der Waals surface area contributed by atoms with Crippen LogP contribution in [-0.2, 0) is 6.42 Å². The zero-order valence-corrected chi connectivity index (χ0v) is 12.8. The predicted octanol–water partition coefficient (Wildman–Crippen LogP) is 4.34. The highest BCUT2D eigenvalue weighted by molar-refractivity contribution is 5.22. The predicted molar refractivity (Wildman–Crippen MR) is 83.5 cm³/mol. The summed E-state index contributed by atoms with van der Waals surface area (Å²) in [6.45, 7) is 4.48. The van der Waals surface area contributed by atoms with Crippen LogP contribution >= 0.6 is 0 Å². The van der Waals surface area contributed by atoms with Gasteiger partial charge in [0.1, 0.15) is 0 Å². The molecule has 106 valence electrons. The van der Waals surface area contributed by atoms with Crippen LogP contribution in [0.1, 0.15) is 50.2 Å². The fourth-order valence-electron chi connectivity index (χ4n) is 3.66. The van der Waals surface area contributed by atoms with Crippen molar-refractivity contribution in [2.24, 2.45) is 11.8 Å². The van der Waals surface area contributed by atoms with E-state index < -0.39 is 0 Å². The van der Waals surface area contributed by atoms with Gasteiger partial charge >= 0.3 is 0 Å². The van der Waals surface area contributed by atoms with E-state index in [1.165, 1.54) is 49.7 Å². The molecule has 0 heterocycles. The van der Waals surface area contributed by atoms with E-state index in [9.17, 15) is 0 Å². The minimum atomic E-state index is 0.717. The average Bonchev–Trinajstić information content (AvgIpc) is 2.42. The van der Waals surface area contributed by atoms with Gasteiger partial charge < -0.3 is 5.32 Å². The van der Waals surface area contributed by atoms with Gasteiger partial charge in [0.2, 0.25) is 0 Å². The highest BCUT2D eigenvalue weighted by atomic mass is 14.9. The molecule has 3 atom stereocenters. The number of nitrogens with one attached hydrogen (secondary N) is 1. The molecular formula is C18H29N. The first kappa shape index (κ1) is 14.6. The summed E-state index contributed by atoms with van der Waals surface area (Å²) < 4.78 is 0. The molecule has 2 rings (SSSR count). The number of hydrogen-bond donors (Lipinski definition) is 1. The number of benzene rings is 1. The summed E-state index contributed by atoms with van der Waals surface area (Å²) in [7, 11) is 2.13. The first-order chi connectivity index (χ1) is 9.22. The molecule has 1 aliphatic carbocycles. The first-order valence-corrected chi connectivity index (χ1v) is 7.95. The normalized spacial score (nSPS) is 27.4. The van der Waals surface area contributed by atoms with Gasteiger partial charge in [-0.1, -0.05) is 49.6 Å². The van der Waals surface area contributed by atoms with Crippen LogP contribution in [0.4, 0.5) is 0 Å². The van der Waals surface area contributed by atoms with E-state index in [1.807, 2.05) is 0 Å². The smallest absolute Gasteiger partial charge is 0.00957 e. The second kappa shape index (κ2) is 7.09. The monoisotopic (exact) mass is 259 g/mol. The van der Waals surface area contributed by atoms with Crippen LogP contribution < -0.4 is 5.32 Å². The van der Waals surface area contributed by atoms with Crippen molar-refractivity contribution in [3.63, 3.8) is 0 Å². The third-order valence-electron chi connectivity index (χ3n) is 4.78. The van der Waals surface area contributed by atoms with Crippen molar-refractivity contribution in [3.05, 3.63) is 35.4 Å². The summed E-state index contributed by atoms with van der Waals surface area (Å²) in [6, 6.07) is 9.83. The highest BCUT2D eigenvalue weighted by Crippen LogP contribution is 2.34. The van der Waals surface area contributed by atoms with E-state index in [1.54, 1.807) is 0 Å². The second-order valence-corrected chi connectivity index (χ2v) is 6.31. The Hall–Kier alpha value is -0.820. The van der Waals surface area contributed by atoms with E-state index in [4.69, 9.17) is 0 Å². The Morgan fingerprint density at radius 3 is 2.53 bits per heavy atom. The molecule has 0 amide bonds. The largest absolute Gasteiger partial charge is 0.317 e. The van der Waals surface area contributed by atoms with Crippen LogP contribution in [0, 0.1) is 18.8 Å². The third-order valence-corrected chi connectivity index (χ3v) is 4.78. The van der Waals surface area contributed by atoms with Gasteiger partial charge in [-0.15, -0.1) is 0 Å². The fraction of sp³-hybridized carbons (Fsp3) is 0.667. The molecule has 0 radical (unpaired) electrons. The van der Waals surface area contributed by atoms with Crippen molar-refractivity contribution in [3.8, 4) is 0 Å². The molecule has 1 heteroatoms. The molecule has 1 aromatic rings. The van der Waals surface area contributed by atoms with Crippen LogP contribution in [0.3, 0.4) is 0 Å². The first-order valence-electron chi connectivity index (χ1n) is 7.95. The number of hydrogen-bond acceptors (Lipinski definition) is 1. The van der Waals surface area contributed by atoms with Crippen LogP contribution in [0.2, 0.25) is 0 Å². The van der Waals surface area contributed by atoms with Crippen molar-refractivity contribution in [2.45, 2.75) is 58.4 Å². The zero-order chi connectivity index (χ0) is 13.7. The summed E-state index contributed by atoms with van der Waals surface area (Å²) >= 11 is 0. The Labute approximate surface area is 118 Å². The maximum Gasteiger partial charge on any atom is 0.00957 e. The minimum absolute atomic E-state index is 0.717. The molecule has 0 spiro atoms. The van der Waals surface area contributed by atoms with Gasteiger partial charge in [-0.2, -0.15) is 0 Å². The molecule has 3 unspecified atom stereocenters. The summed E-state index contributed by atoms with van der Waals surface area (Å²) in [5.74, 6) is 1.78. The van der Waals surface area contributed by atoms with Gasteiger partial charge in [-0.25, -0.2) is 0 Å². The SMILES string of the molecule is CCCC1CCC(NC)C(Cc2ccc(C)cc2)C1. The Morgan fingerprint density at radius 2 is 1.89 bits per heavy atom. The summed E-state index contributed by atoms with van der Waals surface area (Å²) in [5, 5.41) is 3.55. The fourth-order valence-corrected chi connectivity index (χ4v) is 3.66. The van der Waals surface area contributed by atoms with E-state index >= 15 is 0 Å². The third kappa shape index (κ3) is 4.07. The van der Waals surface area contributed by atoms with E-state index in [0.29, 0.717) is 0 Å². The Kier molecular flexibility index (Phi) is 5.45. The Bertz CT molecular complexity index is 368. The molecule has 1 aromatic carbocycles. The molecule has 1 fully saturated rings. The van der Waals surface area contributed by atoms with Gasteiger partial charge in [-0.3, -0.25) is 0 Å². The lowest BCUT2D eigenvalue weighted by Gasteiger charge is -2.36. The van der Waals surface area contributed by atoms with Crippen molar-refractivity contribution in [1.29, 1.82) is 0 Å². The van der Waals surface area contributed by atoms with E-state index in [0.717, 1.165) is 17.9 Å². The van der Waals surface area contributed by atoms with Crippen molar-refractivity contribution in [2.75, 3.05) is 7.05 Å². The van der Waals surface area contributed by atoms with Gasteiger partial charge in [0.25, 0.3) is 0 Å². The number of aryl methyl sites for hydroxylation is 1. The molecule has 1 saturated carbocycles. The van der Waals surface area contributed by atoms with Gasteiger partial charge in [0.05, 0.1) is 0 Å². The average molecular weight is 259 g/mol. The standard InChI is InChI=1S/C18H29N/c1-4-5-15-10-11-18(19-3)17(12-15)13-16-8-6-14(2)7-9-16/h6-9,15,17-19H,4-5,10-13H2,1-3H3. The maximum atomic E-state index is 3.55. The van der Waals surface area contributed by atoms with Gasteiger partial charge in [0.15, 0.2) is 0 Å². The minimum Gasteiger partial charge on any atom is -0.317 e. The van der Waals surface area contributed by atoms with Crippen molar-refractivity contribution >= 4 is 0 Å². The quantitative estimate of drug-likeness (QED) is 0.829. The van der Waals surface area contributed by atoms with Crippen LogP contribution in [-0.4, -0.2) is 13.1 Å². The summed E-state index contributed by atoms with van der Waals surface area (Å²) in [6.07, 6.45) is 8.19. The van der Waals surface area contributed by atoms with E-state index in [-0.39, 0.29) is 0 Å². The molecular weight excluding hydrogens is 230 g/mol. The molecule has 0 aliphatic heterocycles. The maximum absolute atomic E-state index is 3.55. The molecule has 0 saturated heterocycles. The van der Waals surface area contributed by atoms with Gasteiger partial charge in [0, 0.05) is 6.04 Å². The van der Waals surface area contributed by atoms with Crippen molar-refractivity contribution in [1.82, 2.24) is 5.32 Å². The van der Waals surface area contributed by atoms with Crippen LogP contribution in [0.15, 0.2) is 24.3 Å². The molecule has 1 nitrogen and oxygen atoms in total. The topological polar surface area (TPSA) is 12.0 Å². The van der Waals surface area contributed by atoms with Crippen LogP contribution in [0.5, 0.6) is 0 Å². The van der Waals surface area contributed by atoms with Crippen LogP contribution in [0.25, 0.3) is 0 Å². The molecule has 1 aliphatic rings. The molecule has 19 heavy (non-hydrogen) atoms. The Morgan fingerprint density at radius 1 is 1.16 bits per heavy atom. The lowest BCUT2D eigenvalue weighted by molar-refractivity contribution is 0.200.